The van der Waals surface area contributed by atoms with Crippen LogP contribution in [0.15, 0.2) is 53.4 Å². The largest absolute Gasteiger partial charge is 0.491 e. The van der Waals surface area contributed by atoms with E-state index in [-0.39, 0.29) is 19.1 Å². The number of thioether (sulfide) groups is 1. The van der Waals surface area contributed by atoms with E-state index in [0.717, 1.165) is 10.6 Å². The van der Waals surface area contributed by atoms with Crippen molar-refractivity contribution in [2.45, 2.75) is 11.0 Å². The first kappa shape index (κ1) is 20.8. The Bertz CT molecular complexity index is 790. The van der Waals surface area contributed by atoms with Gasteiger partial charge in [-0.05, 0) is 49.7 Å². The van der Waals surface area contributed by atoms with Gasteiger partial charge in [-0.2, -0.15) is 5.26 Å². The van der Waals surface area contributed by atoms with Crippen LogP contribution in [-0.2, 0) is 4.79 Å². The van der Waals surface area contributed by atoms with Crippen molar-refractivity contribution in [2.24, 2.45) is 0 Å². The van der Waals surface area contributed by atoms with Crippen LogP contribution in [-0.4, -0.2) is 55.0 Å². The molecule has 7 heteroatoms. The Balaban J connectivity index is 1.75. The number of hydrogen-bond acceptors (Lipinski definition) is 6. The number of anilines is 1. The minimum absolute atomic E-state index is 0.104. The Hall–Kier alpha value is -2.53. The highest BCUT2D eigenvalue weighted by Crippen LogP contribution is 2.24. The second-order valence-corrected chi connectivity index (χ2v) is 6.89. The van der Waals surface area contributed by atoms with Gasteiger partial charge in [0.2, 0.25) is 5.91 Å². The molecule has 0 saturated carbocycles. The van der Waals surface area contributed by atoms with Crippen LogP contribution in [0.5, 0.6) is 5.75 Å². The number of aliphatic hydroxyl groups excluding tert-OH is 1. The molecule has 0 fully saturated rings. The molecule has 2 aromatic rings. The zero-order valence-electron chi connectivity index (χ0n) is 15.4. The van der Waals surface area contributed by atoms with Gasteiger partial charge in [-0.15, -0.1) is 11.8 Å². The molecule has 0 saturated heterocycles. The number of rotatable bonds is 9. The molecule has 27 heavy (non-hydrogen) atoms. The van der Waals surface area contributed by atoms with Gasteiger partial charge in [0.05, 0.1) is 23.9 Å². The van der Waals surface area contributed by atoms with Gasteiger partial charge < -0.3 is 15.2 Å². The molecule has 2 rings (SSSR count). The summed E-state index contributed by atoms with van der Waals surface area (Å²) in [5, 5.41) is 21.8. The van der Waals surface area contributed by atoms with Crippen LogP contribution in [0.4, 0.5) is 5.69 Å². The number of nitrogens with one attached hydrogen (secondary N) is 1. The Kier molecular flexibility index (Phi) is 8.14. The number of para-hydroxylation sites is 1. The van der Waals surface area contributed by atoms with Gasteiger partial charge in [0.25, 0.3) is 0 Å². The topological polar surface area (TPSA) is 85.6 Å². The number of ether oxygens (including phenoxy) is 1. The molecule has 6 nitrogen and oxygen atoms in total. The van der Waals surface area contributed by atoms with E-state index < -0.39 is 6.10 Å². The molecule has 0 spiro atoms. The molecular weight excluding hydrogens is 362 g/mol. The number of likely N-dealkylation sites (N-methyl/N-ethyl adjacent to an activating group) is 1. The maximum atomic E-state index is 12.2. The Morgan fingerprint density at radius 3 is 2.67 bits per heavy atom. The predicted octanol–water partition coefficient (Wildman–Crippen LogP) is 2.59. The van der Waals surface area contributed by atoms with Crippen LogP contribution in [0.2, 0.25) is 0 Å². The van der Waals surface area contributed by atoms with Crippen molar-refractivity contribution in [3.63, 3.8) is 0 Å². The van der Waals surface area contributed by atoms with Crippen molar-refractivity contribution in [1.29, 1.82) is 5.26 Å². The molecule has 1 atom stereocenters. The summed E-state index contributed by atoms with van der Waals surface area (Å²) in [6, 6.07) is 16.3. The molecule has 0 radical (unpaired) electrons. The van der Waals surface area contributed by atoms with Crippen molar-refractivity contribution in [1.82, 2.24) is 4.90 Å². The first-order valence-corrected chi connectivity index (χ1v) is 9.66. The number of hydrogen-bond donors (Lipinski definition) is 2. The summed E-state index contributed by atoms with van der Waals surface area (Å²) >= 11 is 1.57. The van der Waals surface area contributed by atoms with E-state index in [1.54, 1.807) is 48.0 Å². The number of carbonyl (C=O) groups excluding carboxylic acids is 1. The quantitative estimate of drug-likeness (QED) is 0.646. The van der Waals surface area contributed by atoms with Gasteiger partial charge >= 0.3 is 0 Å². The third kappa shape index (κ3) is 6.94. The molecular formula is C20H23N3O3S. The van der Waals surface area contributed by atoms with E-state index in [2.05, 4.69) is 5.32 Å². The lowest BCUT2D eigenvalue weighted by molar-refractivity contribution is -0.117. The van der Waals surface area contributed by atoms with Gasteiger partial charge in [0.1, 0.15) is 18.5 Å². The maximum Gasteiger partial charge on any atom is 0.238 e. The van der Waals surface area contributed by atoms with E-state index in [0.29, 0.717) is 17.9 Å². The standard InChI is InChI=1S/C20H23N3O3S/c1-23(13-20(25)22-18-5-3-4-6-19(18)27-2)12-16(24)14-26-17-9-7-15(11-21)8-10-17/h3-10,16,24H,12-14H2,1-2H3,(H,22,25). The highest BCUT2D eigenvalue weighted by atomic mass is 32.2. The number of nitrogens with zero attached hydrogens (tertiary/aromatic N) is 2. The highest BCUT2D eigenvalue weighted by molar-refractivity contribution is 7.98. The lowest BCUT2D eigenvalue weighted by Crippen LogP contribution is -2.37. The normalized spacial score (nSPS) is 11.7. The zero-order valence-corrected chi connectivity index (χ0v) is 16.2. The SMILES string of the molecule is CSc1ccccc1NC(=O)CN(C)CC(O)COc1ccc(C#N)cc1. The fourth-order valence-electron chi connectivity index (χ4n) is 2.48. The molecule has 0 aromatic heterocycles. The molecule has 1 amide bonds. The number of nitriles is 1. The minimum atomic E-state index is -0.739. The Labute approximate surface area is 163 Å². The molecule has 142 valence electrons. The van der Waals surface area contributed by atoms with E-state index in [1.165, 1.54) is 0 Å². The van der Waals surface area contributed by atoms with Crippen molar-refractivity contribution in [2.75, 3.05) is 38.3 Å². The average Bonchev–Trinajstić information content (AvgIpc) is 2.67. The monoisotopic (exact) mass is 385 g/mol. The average molecular weight is 385 g/mol. The smallest absolute Gasteiger partial charge is 0.238 e. The van der Waals surface area contributed by atoms with Crippen molar-refractivity contribution in [3.8, 4) is 11.8 Å². The van der Waals surface area contributed by atoms with E-state index in [9.17, 15) is 9.90 Å². The lowest BCUT2D eigenvalue weighted by Gasteiger charge is -2.20. The zero-order chi connectivity index (χ0) is 19.6. The molecule has 0 aliphatic carbocycles. The third-order valence-corrected chi connectivity index (χ3v) is 4.54. The molecule has 0 bridgehead atoms. The van der Waals surface area contributed by atoms with Crippen molar-refractivity contribution < 1.29 is 14.6 Å². The first-order valence-electron chi connectivity index (χ1n) is 8.44. The summed E-state index contributed by atoms with van der Waals surface area (Å²) in [7, 11) is 1.77. The van der Waals surface area contributed by atoms with Gasteiger partial charge in [-0.3, -0.25) is 9.69 Å². The van der Waals surface area contributed by atoms with Gasteiger partial charge in [0.15, 0.2) is 0 Å². The van der Waals surface area contributed by atoms with Gasteiger partial charge in [-0.25, -0.2) is 0 Å². The number of aliphatic hydroxyl groups is 1. The molecule has 2 N–H and O–H groups in total. The van der Waals surface area contributed by atoms with E-state index in [1.807, 2.05) is 36.6 Å². The van der Waals surface area contributed by atoms with Crippen LogP contribution >= 0.6 is 11.8 Å². The Morgan fingerprint density at radius 2 is 2.00 bits per heavy atom. The lowest BCUT2D eigenvalue weighted by atomic mass is 10.2. The van der Waals surface area contributed by atoms with Crippen LogP contribution in [0.1, 0.15) is 5.56 Å². The molecule has 0 heterocycles. The highest BCUT2D eigenvalue weighted by Gasteiger charge is 2.13. The summed E-state index contributed by atoms with van der Waals surface area (Å²) in [6.45, 7) is 0.567. The summed E-state index contributed by atoms with van der Waals surface area (Å²) in [5.74, 6) is 0.446. The van der Waals surface area contributed by atoms with Gasteiger partial charge in [0, 0.05) is 11.4 Å². The predicted molar refractivity (Wildman–Crippen MR) is 107 cm³/mol. The second kappa shape index (κ2) is 10.6. The molecule has 1 unspecified atom stereocenters. The number of carbonyl (C=O) groups is 1. The van der Waals surface area contributed by atoms with Crippen molar-refractivity contribution in [3.05, 3.63) is 54.1 Å². The molecule has 0 aliphatic heterocycles. The minimum Gasteiger partial charge on any atom is -0.491 e. The van der Waals surface area contributed by atoms with Crippen LogP contribution in [0, 0.1) is 11.3 Å². The maximum absolute atomic E-state index is 12.2. The second-order valence-electron chi connectivity index (χ2n) is 6.05. The van der Waals surface area contributed by atoms with E-state index >= 15 is 0 Å². The fourth-order valence-corrected chi connectivity index (χ4v) is 3.03. The molecule has 0 aliphatic rings. The van der Waals surface area contributed by atoms with Crippen LogP contribution in [0.25, 0.3) is 0 Å². The third-order valence-electron chi connectivity index (χ3n) is 3.74. The first-order chi connectivity index (χ1) is 13.0. The molecule has 2 aromatic carbocycles. The fraction of sp³-hybridized carbons (Fsp3) is 0.300. The Morgan fingerprint density at radius 1 is 1.30 bits per heavy atom. The van der Waals surface area contributed by atoms with Gasteiger partial charge in [-0.1, -0.05) is 12.1 Å². The van der Waals surface area contributed by atoms with E-state index in [4.69, 9.17) is 10.00 Å². The van der Waals surface area contributed by atoms with Crippen LogP contribution in [0.3, 0.4) is 0 Å². The summed E-state index contributed by atoms with van der Waals surface area (Å²) < 4.78 is 5.51. The number of amides is 1. The summed E-state index contributed by atoms with van der Waals surface area (Å²) in [6.07, 6.45) is 1.22. The van der Waals surface area contributed by atoms with Crippen LogP contribution < -0.4 is 10.1 Å². The van der Waals surface area contributed by atoms with Crippen molar-refractivity contribution >= 4 is 23.4 Å². The number of benzene rings is 2. The summed E-state index contributed by atoms with van der Waals surface area (Å²) in [5.41, 5.74) is 1.34. The summed E-state index contributed by atoms with van der Waals surface area (Å²) in [4.78, 5) is 15.0.